The zero-order valence-corrected chi connectivity index (χ0v) is 11.4. The van der Waals surface area contributed by atoms with Gasteiger partial charge in [-0.3, -0.25) is 0 Å². The summed E-state index contributed by atoms with van der Waals surface area (Å²) in [7, 11) is 0. The van der Waals surface area contributed by atoms with E-state index in [2.05, 4.69) is 10.6 Å². The highest BCUT2D eigenvalue weighted by Crippen LogP contribution is 2.37. The highest BCUT2D eigenvalue weighted by atomic mass is 35.5. The van der Waals surface area contributed by atoms with E-state index >= 15 is 0 Å². The van der Waals surface area contributed by atoms with Crippen LogP contribution in [0.25, 0.3) is 0 Å². The number of nitrogens with one attached hydrogen (secondary N) is 2. The first kappa shape index (κ1) is 14.0. The van der Waals surface area contributed by atoms with Gasteiger partial charge in [0.1, 0.15) is 5.75 Å². The first-order chi connectivity index (χ1) is 9.11. The van der Waals surface area contributed by atoms with Crippen LogP contribution in [0.3, 0.4) is 0 Å². The molecule has 1 aromatic rings. The molecule has 1 heterocycles. The lowest BCUT2D eigenvalue weighted by atomic mass is 10.0. The maximum Gasteiger partial charge on any atom is 0.315 e. The number of rotatable bonds is 3. The van der Waals surface area contributed by atoms with E-state index in [9.17, 15) is 4.79 Å². The number of ether oxygens (including phenoxy) is 1. The molecule has 0 fully saturated rings. The highest BCUT2D eigenvalue weighted by molar-refractivity contribution is 6.32. The van der Waals surface area contributed by atoms with Gasteiger partial charge in [-0.1, -0.05) is 23.7 Å². The minimum atomic E-state index is -0.306. The molecule has 1 aliphatic heterocycles. The Labute approximate surface area is 116 Å². The Morgan fingerprint density at radius 2 is 2.42 bits per heavy atom. The van der Waals surface area contributed by atoms with Crippen molar-refractivity contribution in [3.8, 4) is 5.75 Å². The summed E-state index contributed by atoms with van der Waals surface area (Å²) >= 11 is 6.06. The maximum absolute atomic E-state index is 11.8. The fraction of sp³-hybridized carbons (Fsp3) is 0.462. The summed E-state index contributed by atoms with van der Waals surface area (Å²) in [5.74, 6) is 0.635. The van der Waals surface area contributed by atoms with Gasteiger partial charge in [-0.05, 0) is 13.0 Å². The van der Waals surface area contributed by atoms with Crippen molar-refractivity contribution < 1.29 is 14.6 Å². The fourth-order valence-electron chi connectivity index (χ4n) is 2.01. The average molecular weight is 285 g/mol. The molecule has 2 atom stereocenters. The van der Waals surface area contributed by atoms with Gasteiger partial charge in [0, 0.05) is 12.0 Å². The van der Waals surface area contributed by atoms with Crippen LogP contribution in [0.5, 0.6) is 5.75 Å². The fourth-order valence-corrected chi connectivity index (χ4v) is 2.24. The Kier molecular flexibility index (Phi) is 4.50. The van der Waals surface area contributed by atoms with Gasteiger partial charge in [0.05, 0.1) is 30.3 Å². The Morgan fingerprint density at radius 1 is 1.63 bits per heavy atom. The molecule has 5 nitrogen and oxygen atoms in total. The molecule has 2 unspecified atom stereocenters. The van der Waals surface area contributed by atoms with Crippen molar-refractivity contribution in [2.45, 2.75) is 25.4 Å². The number of hydrogen-bond acceptors (Lipinski definition) is 3. The summed E-state index contributed by atoms with van der Waals surface area (Å²) in [5, 5.41) is 15.0. The van der Waals surface area contributed by atoms with E-state index in [-0.39, 0.29) is 24.7 Å². The van der Waals surface area contributed by atoms with Gasteiger partial charge in [0.15, 0.2) is 0 Å². The third kappa shape index (κ3) is 3.30. The first-order valence-corrected chi connectivity index (χ1v) is 6.58. The van der Waals surface area contributed by atoms with E-state index in [1.807, 2.05) is 12.1 Å². The third-order valence-corrected chi connectivity index (χ3v) is 3.28. The standard InChI is InChI=1S/C13H17ClN2O3/c1-8(7-17)15-13(18)16-11-5-6-19-12-9(11)3-2-4-10(12)14/h2-4,8,11,17H,5-7H2,1H3,(H2,15,16,18). The lowest BCUT2D eigenvalue weighted by Gasteiger charge is -2.27. The molecule has 0 aliphatic carbocycles. The second-order valence-electron chi connectivity index (χ2n) is 4.55. The minimum Gasteiger partial charge on any atom is -0.492 e. The zero-order chi connectivity index (χ0) is 13.8. The van der Waals surface area contributed by atoms with Crippen LogP contribution in [0.15, 0.2) is 18.2 Å². The third-order valence-electron chi connectivity index (χ3n) is 2.98. The van der Waals surface area contributed by atoms with Crippen LogP contribution in [-0.2, 0) is 0 Å². The first-order valence-electron chi connectivity index (χ1n) is 6.21. The van der Waals surface area contributed by atoms with Crippen molar-refractivity contribution in [3.05, 3.63) is 28.8 Å². The van der Waals surface area contributed by atoms with E-state index in [4.69, 9.17) is 21.4 Å². The summed E-state index contributed by atoms with van der Waals surface area (Å²) < 4.78 is 5.52. The van der Waals surface area contributed by atoms with Gasteiger partial charge in [0.25, 0.3) is 0 Å². The SMILES string of the molecule is CC(CO)NC(=O)NC1CCOc2c(Cl)cccc21. The van der Waals surface area contributed by atoms with Crippen LogP contribution in [0.4, 0.5) is 4.79 Å². The van der Waals surface area contributed by atoms with Crippen molar-refractivity contribution in [3.63, 3.8) is 0 Å². The molecule has 104 valence electrons. The number of aliphatic hydroxyl groups is 1. The van der Waals surface area contributed by atoms with Crippen LogP contribution < -0.4 is 15.4 Å². The molecule has 6 heteroatoms. The molecule has 2 rings (SSSR count). The average Bonchev–Trinajstić information content (AvgIpc) is 2.39. The van der Waals surface area contributed by atoms with Crippen LogP contribution in [0.1, 0.15) is 24.9 Å². The molecule has 0 aromatic heterocycles. The normalized spacial score (nSPS) is 19.0. The van der Waals surface area contributed by atoms with Crippen molar-refractivity contribution in [1.29, 1.82) is 0 Å². The molecule has 3 N–H and O–H groups in total. The largest absolute Gasteiger partial charge is 0.492 e. The lowest BCUT2D eigenvalue weighted by molar-refractivity contribution is 0.209. The number of para-hydroxylation sites is 1. The molecule has 0 radical (unpaired) electrons. The molecule has 0 bridgehead atoms. The van der Waals surface area contributed by atoms with Crippen LogP contribution in [-0.4, -0.2) is 30.4 Å². The van der Waals surface area contributed by atoms with Gasteiger partial charge in [-0.2, -0.15) is 0 Å². The Morgan fingerprint density at radius 3 is 3.16 bits per heavy atom. The number of carbonyl (C=O) groups is 1. The van der Waals surface area contributed by atoms with E-state index < -0.39 is 0 Å². The van der Waals surface area contributed by atoms with Crippen molar-refractivity contribution in [2.24, 2.45) is 0 Å². The maximum atomic E-state index is 11.8. The van der Waals surface area contributed by atoms with E-state index in [0.29, 0.717) is 23.8 Å². The van der Waals surface area contributed by atoms with Gasteiger partial charge in [0.2, 0.25) is 0 Å². The molecule has 19 heavy (non-hydrogen) atoms. The molecule has 0 saturated heterocycles. The number of halogens is 1. The van der Waals surface area contributed by atoms with Gasteiger partial charge in [-0.15, -0.1) is 0 Å². The Balaban J connectivity index is 2.07. The minimum absolute atomic E-state index is 0.0936. The quantitative estimate of drug-likeness (QED) is 0.793. The number of aliphatic hydroxyl groups excluding tert-OH is 1. The summed E-state index contributed by atoms with van der Waals surface area (Å²) in [6.45, 7) is 2.15. The summed E-state index contributed by atoms with van der Waals surface area (Å²) in [6.07, 6.45) is 0.689. The zero-order valence-electron chi connectivity index (χ0n) is 10.6. The van der Waals surface area contributed by atoms with E-state index in [1.54, 1.807) is 13.0 Å². The summed E-state index contributed by atoms with van der Waals surface area (Å²) in [6, 6.07) is 4.77. The molecule has 2 amide bonds. The van der Waals surface area contributed by atoms with Gasteiger partial charge >= 0.3 is 6.03 Å². The topological polar surface area (TPSA) is 70.6 Å². The molecule has 1 aliphatic rings. The van der Waals surface area contributed by atoms with Crippen molar-refractivity contribution >= 4 is 17.6 Å². The summed E-state index contributed by atoms with van der Waals surface area (Å²) in [4.78, 5) is 11.8. The predicted octanol–water partition coefficient (Wildman–Crippen LogP) is 1.84. The van der Waals surface area contributed by atoms with Crippen LogP contribution in [0.2, 0.25) is 5.02 Å². The number of fused-ring (bicyclic) bond motifs is 1. The smallest absolute Gasteiger partial charge is 0.315 e. The number of benzene rings is 1. The molecule has 0 saturated carbocycles. The Bertz CT molecular complexity index is 467. The number of amides is 2. The monoisotopic (exact) mass is 284 g/mol. The molecular weight excluding hydrogens is 268 g/mol. The second-order valence-corrected chi connectivity index (χ2v) is 4.96. The van der Waals surface area contributed by atoms with Gasteiger partial charge in [-0.25, -0.2) is 4.79 Å². The highest BCUT2D eigenvalue weighted by Gasteiger charge is 2.24. The van der Waals surface area contributed by atoms with Crippen LogP contribution in [0, 0.1) is 0 Å². The van der Waals surface area contributed by atoms with E-state index in [0.717, 1.165) is 5.56 Å². The van der Waals surface area contributed by atoms with Gasteiger partial charge < -0.3 is 20.5 Å². The Hall–Kier alpha value is -1.46. The molecule has 0 spiro atoms. The summed E-state index contributed by atoms with van der Waals surface area (Å²) in [5.41, 5.74) is 0.880. The number of carbonyl (C=O) groups excluding carboxylic acids is 1. The molecular formula is C13H17ClN2O3. The molecule has 1 aromatic carbocycles. The lowest BCUT2D eigenvalue weighted by Crippen LogP contribution is -2.44. The number of hydrogen-bond donors (Lipinski definition) is 3. The van der Waals surface area contributed by atoms with Crippen molar-refractivity contribution in [2.75, 3.05) is 13.2 Å². The van der Waals surface area contributed by atoms with Crippen LogP contribution >= 0.6 is 11.6 Å². The second kappa shape index (κ2) is 6.12. The van der Waals surface area contributed by atoms with E-state index in [1.165, 1.54) is 0 Å². The predicted molar refractivity (Wildman–Crippen MR) is 72.5 cm³/mol. The van der Waals surface area contributed by atoms with Crippen molar-refractivity contribution in [1.82, 2.24) is 10.6 Å². The number of urea groups is 1.